The molecule has 2 aromatic carbocycles. The number of imide groups is 2. The van der Waals surface area contributed by atoms with Crippen molar-refractivity contribution in [2.75, 3.05) is 18.0 Å². The molecule has 9 rings (SSSR count). The molecule has 1 saturated carbocycles. The van der Waals surface area contributed by atoms with Gasteiger partial charge in [-0.1, -0.05) is 18.2 Å². The maximum atomic E-state index is 13.4. The molecule has 0 bridgehead atoms. The van der Waals surface area contributed by atoms with Crippen LogP contribution in [-0.4, -0.2) is 80.4 Å². The molecule has 3 aliphatic heterocycles. The number of Topliss-reactive ketones (excluding diaryl/α,β-unsaturated/α-hetero) is 1. The molecule has 2 aliphatic carbocycles. The summed E-state index contributed by atoms with van der Waals surface area (Å²) in [6.45, 7) is 1.51. The average molecular weight is 713 g/mol. The van der Waals surface area contributed by atoms with Crippen molar-refractivity contribution in [2.24, 2.45) is 0 Å². The number of nitrogens with zero attached hydrogens (tertiary/aromatic N) is 5. The van der Waals surface area contributed by atoms with Crippen LogP contribution < -0.4 is 10.2 Å². The molecule has 2 unspecified atom stereocenters. The highest BCUT2D eigenvalue weighted by atomic mass is 16.5. The van der Waals surface area contributed by atoms with E-state index in [4.69, 9.17) is 9.84 Å². The van der Waals surface area contributed by atoms with Gasteiger partial charge in [-0.2, -0.15) is 5.10 Å². The molecule has 0 radical (unpaired) electrons. The van der Waals surface area contributed by atoms with Crippen LogP contribution in [0, 0.1) is 0 Å². The molecule has 3 fully saturated rings. The second-order valence-electron chi connectivity index (χ2n) is 14.8. The van der Waals surface area contributed by atoms with Crippen LogP contribution in [0.25, 0.3) is 22.4 Å². The molecular formula is C41H40N6O6. The Kier molecular flexibility index (Phi) is 8.49. The van der Waals surface area contributed by atoms with Crippen LogP contribution in [0.3, 0.4) is 0 Å². The number of pyridine rings is 1. The fraction of sp³-hybridized carbons (Fsp3) is 0.390. The van der Waals surface area contributed by atoms with Crippen LogP contribution in [0.15, 0.2) is 67.1 Å². The molecule has 270 valence electrons. The Bertz CT molecular complexity index is 2150. The molecule has 53 heavy (non-hydrogen) atoms. The molecule has 0 spiro atoms. The van der Waals surface area contributed by atoms with Gasteiger partial charge in [-0.25, -0.2) is 0 Å². The van der Waals surface area contributed by atoms with E-state index in [0.717, 1.165) is 102 Å². The summed E-state index contributed by atoms with van der Waals surface area (Å²) in [4.78, 5) is 70.4. The molecule has 4 aromatic rings. The summed E-state index contributed by atoms with van der Waals surface area (Å²) in [6, 6.07) is 14.7. The van der Waals surface area contributed by atoms with E-state index in [-0.39, 0.29) is 42.4 Å². The zero-order valence-corrected chi connectivity index (χ0v) is 29.3. The Morgan fingerprint density at radius 3 is 2.32 bits per heavy atom. The lowest BCUT2D eigenvalue weighted by atomic mass is 9.92. The zero-order chi connectivity index (χ0) is 36.2. The highest BCUT2D eigenvalue weighted by Gasteiger charge is 2.45. The number of ether oxygens (including phenoxy) is 1. The van der Waals surface area contributed by atoms with Gasteiger partial charge in [0.05, 0.1) is 29.4 Å². The molecule has 2 aromatic heterocycles. The molecule has 3 atom stereocenters. The Labute approximate surface area is 306 Å². The van der Waals surface area contributed by atoms with Crippen LogP contribution in [0.5, 0.6) is 0 Å². The number of hydrogen-bond acceptors (Lipinski definition) is 9. The number of rotatable bonds is 7. The van der Waals surface area contributed by atoms with Crippen LogP contribution in [0.1, 0.15) is 100 Å². The van der Waals surface area contributed by atoms with Gasteiger partial charge in [0.2, 0.25) is 11.8 Å². The van der Waals surface area contributed by atoms with E-state index < -0.39 is 29.7 Å². The molecule has 1 N–H and O–H groups in total. The van der Waals surface area contributed by atoms with Crippen molar-refractivity contribution in [3.05, 3.63) is 89.4 Å². The van der Waals surface area contributed by atoms with E-state index in [2.05, 4.69) is 32.1 Å². The predicted octanol–water partition coefficient (Wildman–Crippen LogP) is 5.31. The van der Waals surface area contributed by atoms with Crippen molar-refractivity contribution in [3.63, 3.8) is 0 Å². The van der Waals surface area contributed by atoms with Gasteiger partial charge in [0, 0.05) is 66.9 Å². The third-order valence-corrected chi connectivity index (χ3v) is 11.6. The Hall–Kier alpha value is -5.49. The first-order valence-electron chi connectivity index (χ1n) is 18.7. The number of anilines is 1. The fourth-order valence-electron chi connectivity index (χ4n) is 8.80. The number of amides is 4. The van der Waals surface area contributed by atoms with Crippen molar-refractivity contribution in [1.82, 2.24) is 25.0 Å². The molecule has 2 saturated heterocycles. The molecule has 5 aliphatic rings. The van der Waals surface area contributed by atoms with Crippen LogP contribution in [0.4, 0.5) is 5.69 Å². The first kappa shape index (κ1) is 33.4. The lowest BCUT2D eigenvalue weighted by Crippen LogP contribution is -2.54. The van der Waals surface area contributed by atoms with Gasteiger partial charge in [0.15, 0.2) is 5.78 Å². The number of aryl methyl sites for hydroxylation is 1. The number of carbonyl (C=O) groups excluding carboxylic acids is 5. The minimum Gasteiger partial charge on any atom is -0.375 e. The van der Waals surface area contributed by atoms with Crippen molar-refractivity contribution >= 4 is 35.1 Å². The summed E-state index contributed by atoms with van der Waals surface area (Å²) in [5.41, 5.74) is 7.42. The van der Waals surface area contributed by atoms with Crippen molar-refractivity contribution < 1.29 is 28.7 Å². The predicted molar refractivity (Wildman–Crippen MR) is 194 cm³/mol. The highest BCUT2D eigenvalue weighted by Crippen LogP contribution is 2.39. The zero-order valence-electron chi connectivity index (χ0n) is 29.3. The number of ketones is 1. The van der Waals surface area contributed by atoms with Gasteiger partial charge in [-0.3, -0.25) is 43.9 Å². The minimum absolute atomic E-state index is 0.0888. The van der Waals surface area contributed by atoms with E-state index in [1.165, 1.54) is 0 Å². The number of aromatic nitrogens is 3. The monoisotopic (exact) mass is 712 g/mol. The van der Waals surface area contributed by atoms with E-state index in [0.29, 0.717) is 12.0 Å². The van der Waals surface area contributed by atoms with Crippen LogP contribution >= 0.6 is 0 Å². The second kappa shape index (κ2) is 13.5. The summed E-state index contributed by atoms with van der Waals surface area (Å²) in [6.07, 6.45) is 13.2. The second-order valence-corrected chi connectivity index (χ2v) is 14.8. The highest BCUT2D eigenvalue weighted by molar-refractivity contribution is 6.23. The number of benzene rings is 2. The van der Waals surface area contributed by atoms with Crippen molar-refractivity contribution in [2.45, 2.75) is 88.5 Å². The van der Waals surface area contributed by atoms with Crippen LogP contribution in [-0.2, 0) is 20.7 Å². The number of carbonyl (C=O) groups is 5. The SMILES string of the molecule is O=C1CCC(N2C(=O)c3ccc(N4CCC(OC5CCC[C@@H](n6cc(-c7ccc8c(c7)CCC8=O)c(-c7ccncc7)n6)C5)CC4)cc3C2=O)C(=O)N1. The van der Waals surface area contributed by atoms with Gasteiger partial charge in [-0.15, -0.1) is 0 Å². The summed E-state index contributed by atoms with van der Waals surface area (Å²) < 4.78 is 8.89. The number of hydrogen-bond donors (Lipinski definition) is 1. The molecule has 5 heterocycles. The van der Waals surface area contributed by atoms with Crippen molar-refractivity contribution in [1.29, 1.82) is 0 Å². The first-order chi connectivity index (χ1) is 25.8. The molecule has 4 amide bonds. The van der Waals surface area contributed by atoms with E-state index in [1.54, 1.807) is 24.5 Å². The summed E-state index contributed by atoms with van der Waals surface area (Å²) in [7, 11) is 0. The van der Waals surface area contributed by atoms with Gasteiger partial charge >= 0.3 is 0 Å². The topological polar surface area (TPSA) is 144 Å². The summed E-state index contributed by atoms with van der Waals surface area (Å²) >= 11 is 0. The fourth-order valence-corrected chi connectivity index (χ4v) is 8.80. The Morgan fingerprint density at radius 2 is 1.51 bits per heavy atom. The molecule has 12 heteroatoms. The Morgan fingerprint density at radius 1 is 0.717 bits per heavy atom. The van der Waals surface area contributed by atoms with E-state index in [9.17, 15) is 24.0 Å². The lowest BCUT2D eigenvalue weighted by molar-refractivity contribution is -0.136. The minimum atomic E-state index is -0.980. The third-order valence-electron chi connectivity index (χ3n) is 11.6. The standard InChI is InChI=1S/C41H40N6O6/c48-36-10-5-25-20-26(4-7-31(25)36)34-23-46(44-38(34)24-12-16-42-17-13-24)28-2-1-3-30(21-28)53-29-14-18-45(19-15-29)27-6-8-32-33(22-27)41(52)47(40(32)51)35-9-11-37(49)43-39(35)50/h4,6-8,12-13,16-17,20,22-23,28-30,35H,1-3,5,9-11,14-15,18-19,21H2,(H,43,49,50)/t28-,30?,35?/m1/s1. The quantitative estimate of drug-likeness (QED) is 0.252. The Balaban J connectivity index is 0.855. The van der Waals surface area contributed by atoms with E-state index >= 15 is 0 Å². The van der Waals surface area contributed by atoms with Gasteiger partial charge in [0.1, 0.15) is 11.7 Å². The van der Waals surface area contributed by atoms with Gasteiger partial charge in [0.25, 0.3) is 11.8 Å². The third kappa shape index (κ3) is 6.14. The number of piperidine rings is 2. The maximum absolute atomic E-state index is 13.4. The summed E-state index contributed by atoms with van der Waals surface area (Å²) in [5, 5.41) is 7.41. The lowest BCUT2D eigenvalue weighted by Gasteiger charge is -2.37. The first-order valence-corrected chi connectivity index (χ1v) is 18.7. The number of fused-ring (bicyclic) bond motifs is 2. The number of nitrogens with one attached hydrogen (secondary N) is 1. The summed E-state index contributed by atoms with van der Waals surface area (Å²) in [5.74, 6) is -1.78. The maximum Gasteiger partial charge on any atom is 0.262 e. The molecular weight excluding hydrogens is 672 g/mol. The van der Waals surface area contributed by atoms with Gasteiger partial charge < -0.3 is 9.64 Å². The largest absolute Gasteiger partial charge is 0.375 e. The average Bonchev–Trinajstić information content (AvgIpc) is 3.86. The normalized spacial score (nSPS) is 23.4. The van der Waals surface area contributed by atoms with Crippen molar-refractivity contribution in [3.8, 4) is 22.4 Å². The van der Waals surface area contributed by atoms with Gasteiger partial charge in [-0.05, 0) is 92.8 Å². The van der Waals surface area contributed by atoms with E-state index in [1.807, 2.05) is 30.3 Å². The molecule has 12 nitrogen and oxygen atoms in total. The smallest absolute Gasteiger partial charge is 0.262 e. The van der Waals surface area contributed by atoms with Crippen LogP contribution in [0.2, 0.25) is 0 Å².